The molecule has 1 rings (SSSR count). The van der Waals surface area contributed by atoms with Crippen LogP contribution in [0.2, 0.25) is 0 Å². The maximum absolute atomic E-state index is 11.9. The van der Waals surface area contributed by atoms with Gasteiger partial charge in [-0.15, -0.1) is 0 Å². The molecule has 0 aromatic carbocycles. The second-order valence-corrected chi connectivity index (χ2v) is 5.35. The Bertz CT molecular complexity index is 231. The van der Waals surface area contributed by atoms with Crippen molar-refractivity contribution in [3.05, 3.63) is 0 Å². The van der Waals surface area contributed by atoms with E-state index in [1.807, 2.05) is 0 Å². The summed E-state index contributed by atoms with van der Waals surface area (Å²) in [4.78, 5) is 14.0. The molecule has 0 spiro atoms. The molecule has 1 saturated heterocycles. The summed E-state index contributed by atoms with van der Waals surface area (Å²) >= 11 is 0. The predicted molar refractivity (Wildman–Crippen MR) is 71.0 cm³/mol. The van der Waals surface area contributed by atoms with E-state index < -0.39 is 0 Å². The van der Waals surface area contributed by atoms with Crippen LogP contribution in [0.4, 0.5) is 0 Å². The van der Waals surface area contributed by atoms with Crippen molar-refractivity contribution >= 4 is 5.91 Å². The quantitative estimate of drug-likeness (QED) is 0.681. The van der Waals surface area contributed by atoms with Crippen LogP contribution >= 0.6 is 0 Å². The number of hydrogen-bond acceptors (Lipinski definition) is 3. The van der Waals surface area contributed by atoms with Gasteiger partial charge in [-0.05, 0) is 59.7 Å². The Labute approximate surface area is 105 Å². The lowest BCUT2D eigenvalue weighted by atomic mass is 9.99. The summed E-state index contributed by atoms with van der Waals surface area (Å²) in [6.45, 7) is 4.05. The molecule has 2 N–H and O–H groups in total. The first-order valence-electron chi connectivity index (χ1n) is 6.78. The van der Waals surface area contributed by atoms with Gasteiger partial charge < -0.3 is 15.5 Å². The zero-order chi connectivity index (χ0) is 12.7. The molecule has 4 heteroatoms. The number of carbonyl (C=O) groups is 1. The second kappa shape index (κ2) is 7.67. The first kappa shape index (κ1) is 14.5. The molecule has 0 aliphatic carbocycles. The molecule has 2 atom stereocenters. The number of carbonyl (C=O) groups excluding carboxylic acids is 1. The van der Waals surface area contributed by atoms with Gasteiger partial charge in [0.15, 0.2) is 0 Å². The molecule has 1 fully saturated rings. The molecule has 1 aliphatic heterocycles. The van der Waals surface area contributed by atoms with Gasteiger partial charge >= 0.3 is 0 Å². The van der Waals surface area contributed by atoms with Gasteiger partial charge in [0.1, 0.15) is 0 Å². The van der Waals surface area contributed by atoms with E-state index in [4.69, 9.17) is 0 Å². The minimum absolute atomic E-state index is 0.0348. The van der Waals surface area contributed by atoms with Crippen molar-refractivity contribution in [2.75, 3.05) is 27.2 Å². The minimum Gasteiger partial charge on any atom is -0.355 e. The first-order chi connectivity index (χ1) is 8.09. The molecular weight excluding hydrogens is 214 g/mol. The van der Waals surface area contributed by atoms with Crippen molar-refractivity contribution in [1.82, 2.24) is 15.5 Å². The van der Waals surface area contributed by atoms with Gasteiger partial charge in [-0.3, -0.25) is 4.79 Å². The highest BCUT2D eigenvalue weighted by molar-refractivity contribution is 5.81. The van der Waals surface area contributed by atoms with Crippen molar-refractivity contribution in [3.8, 4) is 0 Å². The molecule has 0 radical (unpaired) electrons. The molecular formula is C13H27N3O. The van der Waals surface area contributed by atoms with E-state index in [0.717, 1.165) is 38.8 Å². The molecule has 2 unspecified atom stereocenters. The van der Waals surface area contributed by atoms with Gasteiger partial charge in [-0.2, -0.15) is 0 Å². The van der Waals surface area contributed by atoms with Gasteiger partial charge in [-0.25, -0.2) is 0 Å². The topological polar surface area (TPSA) is 44.4 Å². The number of rotatable bonds is 6. The van der Waals surface area contributed by atoms with Crippen LogP contribution in [-0.4, -0.2) is 50.1 Å². The molecule has 17 heavy (non-hydrogen) atoms. The number of piperidine rings is 1. The number of nitrogens with zero attached hydrogens (tertiary/aromatic N) is 1. The summed E-state index contributed by atoms with van der Waals surface area (Å²) in [6, 6.07) is 0.515. The minimum atomic E-state index is 0.0348. The van der Waals surface area contributed by atoms with Crippen LogP contribution in [0.5, 0.6) is 0 Å². The van der Waals surface area contributed by atoms with Gasteiger partial charge in [0, 0.05) is 12.6 Å². The molecule has 0 aromatic heterocycles. The monoisotopic (exact) mass is 241 g/mol. The van der Waals surface area contributed by atoms with Crippen molar-refractivity contribution in [1.29, 1.82) is 0 Å². The fraction of sp³-hybridized carbons (Fsp3) is 0.923. The Morgan fingerprint density at radius 2 is 2.12 bits per heavy atom. The number of unbranched alkanes of at least 4 members (excludes halogenated alkanes) is 1. The third-order valence-electron chi connectivity index (χ3n) is 3.26. The maximum Gasteiger partial charge on any atom is 0.237 e. The highest BCUT2D eigenvalue weighted by Crippen LogP contribution is 2.12. The zero-order valence-electron chi connectivity index (χ0n) is 11.5. The Morgan fingerprint density at radius 3 is 2.76 bits per heavy atom. The van der Waals surface area contributed by atoms with Crippen LogP contribution in [0.25, 0.3) is 0 Å². The van der Waals surface area contributed by atoms with Crippen molar-refractivity contribution in [2.24, 2.45) is 0 Å². The molecule has 1 amide bonds. The van der Waals surface area contributed by atoms with Crippen molar-refractivity contribution in [2.45, 2.75) is 51.1 Å². The summed E-state index contributed by atoms with van der Waals surface area (Å²) in [7, 11) is 4.15. The van der Waals surface area contributed by atoms with Gasteiger partial charge in [0.25, 0.3) is 0 Å². The molecule has 0 bridgehead atoms. The lowest BCUT2D eigenvalue weighted by Crippen LogP contribution is -2.50. The van der Waals surface area contributed by atoms with E-state index in [1.54, 1.807) is 0 Å². The average Bonchev–Trinajstić information content (AvgIpc) is 2.28. The molecule has 0 saturated carbocycles. The third-order valence-corrected chi connectivity index (χ3v) is 3.26. The number of amides is 1. The summed E-state index contributed by atoms with van der Waals surface area (Å²) in [5, 5.41) is 6.38. The Hall–Kier alpha value is -0.610. The van der Waals surface area contributed by atoms with Crippen LogP contribution in [0.1, 0.15) is 39.0 Å². The van der Waals surface area contributed by atoms with E-state index in [0.29, 0.717) is 6.04 Å². The van der Waals surface area contributed by atoms with Crippen LogP contribution in [-0.2, 0) is 4.79 Å². The fourth-order valence-electron chi connectivity index (χ4n) is 2.23. The van der Waals surface area contributed by atoms with Gasteiger partial charge in [0.05, 0.1) is 6.04 Å². The normalized spacial score (nSPS) is 24.9. The average molecular weight is 241 g/mol. The lowest BCUT2D eigenvalue weighted by Gasteiger charge is -2.27. The number of hydrogen-bond donors (Lipinski definition) is 2. The Balaban J connectivity index is 2.08. The first-order valence-corrected chi connectivity index (χ1v) is 6.78. The molecule has 100 valence electrons. The largest absolute Gasteiger partial charge is 0.355 e. The smallest absolute Gasteiger partial charge is 0.237 e. The predicted octanol–water partition coefficient (Wildman–Crippen LogP) is 0.975. The van der Waals surface area contributed by atoms with E-state index in [2.05, 4.69) is 36.6 Å². The SMILES string of the molecule is CC1CCCC(C(=O)NCCCCN(C)C)N1. The van der Waals surface area contributed by atoms with Crippen LogP contribution in [0.15, 0.2) is 0 Å². The number of nitrogens with one attached hydrogen (secondary N) is 2. The summed E-state index contributed by atoms with van der Waals surface area (Å²) in [6.07, 6.45) is 5.53. The van der Waals surface area contributed by atoms with Crippen LogP contribution < -0.4 is 10.6 Å². The highest BCUT2D eigenvalue weighted by Gasteiger charge is 2.23. The molecule has 0 aromatic rings. The third kappa shape index (κ3) is 6.03. The van der Waals surface area contributed by atoms with E-state index in [-0.39, 0.29) is 11.9 Å². The lowest BCUT2D eigenvalue weighted by molar-refractivity contribution is -0.123. The van der Waals surface area contributed by atoms with Gasteiger partial charge in [0.2, 0.25) is 5.91 Å². The van der Waals surface area contributed by atoms with Gasteiger partial charge in [-0.1, -0.05) is 0 Å². The van der Waals surface area contributed by atoms with E-state index in [1.165, 1.54) is 6.42 Å². The molecule has 4 nitrogen and oxygen atoms in total. The summed E-state index contributed by atoms with van der Waals surface area (Å²) in [5.74, 6) is 0.182. The van der Waals surface area contributed by atoms with Crippen LogP contribution in [0, 0.1) is 0 Å². The van der Waals surface area contributed by atoms with E-state index >= 15 is 0 Å². The Morgan fingerprint density at radius 1 is 1.35 bits per heavy atom. The van der Waals surface area contributed by atoms with Crippen molar-refractivity contribution in [3.63, 3.8) is 0 Å². The zero-order valence-corrected chi connectivity index (χ0v) is 11.5. The van der Waals surface area contributed by atoms with Crippen LogP contribution in [0.3, 0.4) is 0 Å². The van der Waals surface area contributed by atoms with E-state index in [9.17, 15) is 4.79 Å². The summed E-state index contributed by atoms with van der Waals surface area (Å²) < 4.78 is 0. The second-order valence-electron chi connectivity index (χ2n) is 5.35. The molecule has 1 heterocycles. The maximum atomic E-state index is 11.9. The fourth-order valence-corrected chi connectivity index (χ4v) is 2.23. The standard InChI is InChI=1S/C13H27N3O/c1-11-7-6-8-12(15-11)13(17)14-9-4-5-10-16(2)3/h11-12,15H,4-10H2,1-3H3,(H,14,17). The highest BCUT2D eigenvalue weighted by atomic mass is 16.2. The Kier molecular flexibility index (Phi) is 6.52. The van der Waals surface area contributed by atoms with Crippen molar-refractivity contribution < 1.29 is 4.79 Å². The summed E-state index contributed by atoms with van der Waals surface area (Å²) in [5.41, 5.74) is 0. The molecule has 1 aliphatic rings.